The highest BCUT2D eigenvalue weighted by Gasteiger charge is 2.21. The fourth-order valence-electron chi connectivity index (χ4n) is 3.05. The monoisotopic (exact) mass is 225 g/mol. The van der Waals surface area contributed by atoms with Crippen molar-refractivity contribution in [1.29, 1.82) is 0 Å². The van der Waals surface area contributed by atoms with Crippen LogP contribution in [0.25, 0.3) is 0 Å². The molecule has 0 saturated carbocycles. The van der Waals surface area contributed by atoms with E-state index in [4.69, 9.17) is 0 Å². The topological polar surface area (TPSA) is 18.5 Å². The molecule has 16 heavy (non-hydrogen) atoms. The van der Waals surface area contributed by atoms with Crippen LogP contribution in [0.2, 0.25) is 0 Å². The number of nitrogens with one attached hydrogen (secondary N) is 1. The molecule has 3 heteroatoms. The minimum absolute atomic E-state index is 0.750. The van der Waals surface area contributed by atoms with Crippen molar-refractivity contribution in [2.45, 2.75) is 32.2 Å². The maximum absolute atomic E-state index is 3.46. The average molecular weight is 225 g/mol. The van der Waals surface area contributed by atoms with Crippen molar-refractivity contribution in [2.24, 2.45) is 5.92 Å². The Morgan fingerprint density at radius 1 is 1.31 bits per heavy atom. The van der Waals surface area contributed by atoms with Crippen LogP contribution in [0.1, 0.15) is 26.2 Å². The normalized spacial score (nSPS) is 33.4. The van der Waals surface area contributed by atoms with Crippen molar-refractivity contribution in [3.63, 3.8) is 0 Å². The molecule has 0 aromatic heterocycles. The lowest BCUT2D eigenvalue weighted by molar-refractivity contribution is 0.0974. The van der Waals surface area contributed by atoms with Gasteiger partial charge in [0.05, 0.1) is 0 Å². The van der Waals surface area contributed by atoms with Crippen molar-refractivity contribution in [1.82, 2.24) is 15.1 Å². The summed E-state index contributed by atoms with van der Waals surface area (Å²) in [5, 5.41) is 3.46. The third kappa shape index (κ3) is 3.44. The van der Waals surface area contributed by atoms with Crippen LogP contribution >= 0.6 is 0 Å². The first-order valence-corrected chi connectivity index (χ1v) is 6.89. The van der Waals surface area contributed by atoms with Crippen molar-refractivity contribution in [3.05, 3.63) is 0 Å². The van der Waals surface area contributed by atoms with Crippen molar-refractivity contribution < 1.29 is 0 Å². The van der Waals surface area contributed by atoms with E-state index in [0.29, 0.717) is 0 Å². The zero-order valence-corrected chi connectivity index (χ0v) is 10.9. The minimum Gasteiger partial charge on any atom is -0.316 e. The van der Waals surface area contributed by atoms with Crippen molar-refractivity contribution in [3.8, 4) is 0 Å². The second kappa shape index (κ2) is 5.99. The number of hydrogen-bond acceptors (Lipinski definition) is 3. The van der Waals surface area contributed by atoms with Gasteiger partial charge in [-0.05, 0) is 58.8 Å². The predicted octanol–water partition coefficient (Wildman–Crippen LogP) is 1.01. The standard InChI is InChI=1S/C13H27N3/c1-12-11-15(2)8-9-16(12)7-3-4-13-5-6-14-10-13/h12-14H,3-11H2,1-2H3. The smallest absolute Gasteiger partial charge is 0.0195 e. The van der Waals surface area contributed by atoms with Gasteiger partial charge < -0.3 is 10.2 Å². The molecule has 2 unspecified atom stereocenters. The maximum atomic E-state index is 3.46. The first-order valence-electron chi connectivity index (χ1n) is 6.89. The van der Waals surface area contributed by atoms with E-state index in [1.165, 1.54) is 58.5 Å². The Bertz CT molecular complexity index is 201. The number of hydrogen-bond donors (Lipinski definition) is 1. The summed E-state index contributed by atoms with van der Waals surface area (Å²) in [6, 6.07) is 0.750. The summed E-state index contributed by atoms with van der Waals surface area (Å²) in [5.41, 5.74) is 0. The van der Waals surface area contributed by atoms with Gasteiger partial charge in [-0.25, -0.2) is 0 Å². The molecule has 0 spiro atoms. The van der Waals surface area contributed by atoms with Gasteiger partial charge in [-0.1, -0.05) is 0 Å². The predicted molar refractivity (Wildman–Crippen MR) is 68.7 cm³/mol. The van der Waals surface area contributed by atoms with E-state index in [0.717, 1.165) is 12.0 Å². The zero-order valence-electron chi connectivity index (χ0n) is 10.9. The highest BCUT2D eigenvalue weighted by molar-refractivity contribution is 4.78. The molecule has 2 atom stereocenters. The van der Waals surface area contributed by atoms with E-state index in [2.05, 4.69) is 29.1 Å². The highest BCUT2D eigenvalue weighted by Crippen LogP contribution is 2.16. The Balaban J connectivity index is 1.61. The van der Waals surface area contributed by atoms with Gasteiger partial charge in [0.25, 0.3) is 0 Å². The van der Waals surface area contributed by atoms with E-state index in [9.17, 15) is 0 Å². The Labute approximate surface area is 100 Å². The Morgan fingerprint density at radius 3 is 2.88 bits per heavy atom. The summed E-state index contributed by atoms with van der Waals surface area (Å²) in [4.78, 5) is 5.12. The van der Waals surface area contributed by atoms with Gasteiger partial charge >= 0.3 is 0 Å². The van der Waals surface area contributed by atoms with Crippen LogP contribution in [0.5, 0.6) is 0 Å². The van der Waals surface area contributed by atoms with Crippen LogP contribution in [0, 0.1) is 5.92 Å². The molecule has 0 aromatic carbocycles. The van der Waals surface area contributed by atoms with Gasteiger partial charge in [0.15, 0.2) is 0 Å². The summed E-state index contributed by atoms with van der Waals surface area (Å²) in [7, 11) is 2.23. The summed E-state index contributed by atoms with van der Waals surface area (Å²) < 4.78 is 0. The average Bonchev–Trinajstić information content (AvgIpc) is 2.74. The summed E-state index contributed by atoms with van der Waals surface area (Å²) >= 11 is 0. The molecule has 2 aliphatic rings. The lowest BCUT2D eigenvalue weighted by Gasteiger charge is -2.38. The molecule has 94 valence electrons. The number of rotatable bonds is 4. The molecule has 2 saturated heterocycles. The maximum Gasteiger partial charge on any atom is 0.0195 e. The van der Waals surface area contributed by atoms with Gasteiger partial charge in [-0.15, -0.1) is 0 Å². The van der Waals surface area contributed by atoms with E-state index in [-0.39, 0.29) is 0 Å². The Morgan fingerprint density at radius 2 is 2.19 bits per heavy atom. The Hall–Kier alpha value is -0.120. The molecular formula is C13H27N3. The highest BCUT2D eigenvalue weighted by atomic mass is 15.3. The minimum atomic E-state index is 0.750. The van der Waals surface area contributed by atoms with Crippen LogP contribution in [-0.2, 0) is 0 Å². The van der Waals surface area contributed by atoms with Gasteiger partial charge in [0.1, 0.15) is 0 Å². The third-order valence-corrected chi connectivity index (χ3v) is 4.19. The molecule has 2 rings (SSSR count). The lowest BCUT2D eigenvalue weighted by atomic mass is 10.0. The van der Waals surface area contributed by atoms with Gasteiger partial charge in [0, 0.05) is 25.7 Å². The molecular weight excluding hydrogens is 198 g/mol. The van der Waals surface area contributed by atoms with Crippen molar-refractivity contribution >= 4 is 0 Å². The van der Waals surface area contributed by atoms with Gasteiger partial charge in [-0.3, -0.25) is 4.90 Å². The van der Waals surface area contributed by atoms with E-state index < -0.39 is 0 Å². The van der Waals surface area contributed by atoms with E-state index in [1.807, 2.05) is 0 Å². The van der Waals surface area contributed by atoms with E-state index in [1.54, 1.807) is 0 Å². The summed E-state index contributed by atoms with van der Waals surface area (Å²) in [5.74, 6) is 0.961. The second-order valence-electron chi connectivity index (χ2n) is 5.65. The first-order chi connectivity index (χ1) is 7.75. The number of nitrogens with zero attached hydrogens (tertiary/aromatic N) is 2. The molecule has 0 aliphatic carbocycles. The molecule has 0 aromatic rings. The quantitative estimate of drug-likeness (QED) is 0.770. The fraction of sp³-hybridized carbons (Fsp3) is 1.00. The van der Waals surface area contributed by atoms with Crippen LogP contribution in [0.3, 0.4) is 0 Å². The zero-order chi connectivity index (χ0) is 11.4. The Kier molecular flexibility index (Phi) is 4.62. The van der Waals surface area contributed by atoms with Crippen LogP contribution in [-0.4, -0.2) is 62.2 Å². The molecule has 3 nitrogen and oxygen atoms in total. The van der Waals surface area contributed by atoms with Crippen LogP contribution in [0.15, 0.2) is 0 Å². The molecule has 0 radical (unpaired) electrons. The molecule has 2 fully saturated rings. The fourth-order valence-corrected chi connectivity index (χ4v) is 3.05. The van der Waals surface area contributed by atoms with Crippen molar-refractivity contribution in [2.75, 3.05) is 46.3 Å². The SMILES string of the molecule is CC1CN(C)CCN1CCCC1CCNC1. The first kappa shape index (κ1) is 12.3. The number of likely N-dealkylation sites (N-methyl/N-ethyl adjacent to an activating group) is 1. The molecule has 1 N–H and O–H groups in total. The largest absolute Gasteiger partial charge is 0.316 e. The van der Waals surface area contributed by atoms with Gasteiger partial charge in [-0.2, -0.15) is 0 Å². The molecule has 2 aliphatic heterocycles. The lowest BCUT2D eigenvalue weighted by Crippen LogP contribution is -2.50. The van der Waals surface area contributed by atoms with Crippen LogP contribution in [0.4, 0.5) is 0 Å². The van der Waals surface area contributed by atoms with E-state index >= 15 is 0 Å². The molecule has 0 amide bonds. The molecule has 2 heterocycles. The second-order valence-corrected chi connectivity index (χ2v) is 5.65. The van der Waals surface area contributed by atoms with Crippen LogP contribution < -0.4 is 5.32 Å². The number of piperazine rings is 1. The molecule has 0 bridgehead atoms. The van der Waals surface area contributed by atoms with Gasteiger partial charge in [0.2, 0.25) is 0 Å². The summed E-state index contributed by atoms with van der Waals surface area (Å²) in [6.07, 6.45) is 4.21. The summed E-state index contributed by atoms with van der Waals surface area (Å²) in [6.45, 7) is 9.94. The third-order valence-electron chi connectivity index (χ3n) is 4.19.